The third-order valence-corrected chi connectivity index (χ3v) is 4.68. The van der Waals surface area contributed by atoms with Crippen LogP contribution in [0.15, 0.2) is 39.3 Å². The van der Waals surface area contributed by atoms with Gasteiger partial charge in [-0.2, -0.15) is 0 Å². The van der Waals surface area contributed by atoms with Crippen molar-refractivity contribution in [3.63, 3.8) is 0 Å². The van der Waals surface area contributed by atoms with Gasteiger partial charge in [-0.05, 0) is 44.7 Å². The highest BCUT2D eigenvalue weighted by molar-refractivity contribution is 7.10. The maximum Gasteiger partial charge on any atom is 0.287 e. The average Bonchev–Trinajstić information content (AvgIpc) is 3.25. The molecule has 1 atom stereocenters. The van der Waals surface area contributed by atoms with Crippen LogP contribution in [-0.4, -0.2) is 31.5 Å². The van der Waals surface area contributed by atoms with Gasteiger partial charge in [0.1, 0.15) is 0 Å². The van der Waals surface area contributed by atoms with Gasteiger partial charge in [-0.15, -0.1) is 11.3 Å². The molecule has 2 aromatic heterocycles. The fourth-order valence-corrected chi connectivity index (χ4v) is 3.03. The molecular formula is C18H26N4O2S. The molecule has 0 radical (unpaired) electrons. The summed E-state index contributed by atoms with van der Waals surface area (Å²) in [6.45, 7) is 8.00. The van der Waals surface area contributed by atoms with Crippen LogP contribution < -0.4 is 16.0 Å². The highest BCUT2D eigenvalue weighted by Crippen LogP contribution is 2.17. The predicted octanol–water partition coefficient (Wildman–Crippen LogP) is 3.09. The zero-order valence-corrected chi connectivity index (χ0v) is 15.8. The summed E-state index contributed by atoms with van der Waals surface area (Å²) in [4.78, 5) is 17.8. The summed E-state index contributed by atoms with van der Waals surface area (Å²) in [6, 6.07) is 6.14. The van der Waals surface area contributed by atoms with Crippen LogP contribution in [-0.2, 0) is 0 Å². The molecule has 2 rings (SSSR count). The molecule has 0 aromatic carbocycles. The molecule has 1 amide bonds. The number of guanidine groups is 1. The van der Waals surface area contributed by atoms with Gasteiger partial charge in [0.25, 0.3) is 5.91 Å². The highest BCUT2D eigenvalue weighted by Gasteiger charge is 2.11. The van der Waals surface area contributed by atoms with Crippen molar-refractivity contribution in [3.8, 4) is 0 Å². The number of hydrogen-bond acceptors (Lipinski definition) is 4. The van der Waals surface area contributed by atoms with Crippen LogP contribution in [0.5, 0.6) is 0 Å². The Bertz CT molecular complexity index is 679. The number of carbonyl (C=O) groups is 1. The largest absolute Gasteiger partial charge is 0.459 e. The number of carbonyl (C=O) groups excluding carboxylic acids is 1. The standard InChI is InChI=1S/C18H26N4O2S/c1-4-19-18(22-14(3)15-7-5-12-25-15)21-10-6-9-20-17(23)16-13(2)8-11-24-16/h5,7-8,11-12,14H,4,6,9-10H2,1-3H3,(H,20,23)(H2,19,21,22). The van der Waals surface area contributed by atoms with Crippen molar-refractivity contribution in [2.75, 3.05) is 19.6 Å². The first-order valence-corrected chi connectivity index (χ1v) is 9.40. The van der Waals surface area contributed by atoms with Gasteiger partial charge in [-0.1, -0.05) is 6.07 Å². The summed E-state index contributed by atoms with van der Waals surface area (Å²) in [5, 5.41) is 11.6. The summed E-state index contributed by atoms with van der Waals surface area (Å²) in [6.07, 6.45) is 2.28. The molecule has 2 heterocycles. The second kappa shape index (κ2) is 9.88. The van der Waals surface area contributed by atoms with Gasteiger partial charge >= 0.3 is 0 Å². The minimum Gasteiger partial charge on any atom is -0.459 e. The molecule has 0 bridgehead atoms. The fourth-order valence-electron chi connectivity index (χ4n) is 2.29. The Labute approximate surface area is 152 Å². The number of aliphatic imine (C=N–C) groups is 1. The molecule has 0 spiro atoms. The zero-order chi connectivity index (χ0) is 18.1. The summed E-state index contributed by atoms with van der Waals surface area (Å²) >= 11 is 1.72. The van der Waals surface area contributed by atoms with Crippen LogP contribution >= 0.6 is 11.3 Å². The Kier molecular flexibility index (Phi) is 7.53. The molecule has 3 N–H and O–H groups in total. The summed E-state index contributed by atoms with van der Waals surface area (Å²) in [7, 11) is 0. The summed E-state index contributed by atoms with van der Waals surface area (Å²) in [5.41, 5.74) is 0.844. The number of rotatable bonds is 8. The molecular weight excluding hydrogens is 336 g/mol. The molecule has 1 unspecified atom stereocenters. The molecule has 0 fully saturated rings. The third kappa shape index (κ3) is 5.94. The van der Waals surface area contributed by atoms with E-state index in [1.807, 2.05) is 19.9 Å². The van der Waals surface area contributed by atoms with E-state index in [1.165, 1.54) is 11.1 Å². The molecule has 0 aliphatic heterocycles. The first-order chi connectivity index (χ1) is 12.1. The zero-order valence-electron chi connectivity index (χ0n) is 15.0. The van der Waals surface area contributed by atoms with Gasteiger partial charge in [0, 0.05) is 30.1 Å². The molecule has 25 heavy (non-hydrogen) atoms. The predicted molar refractivity (Wildman–Crippen MR) is 102 cm³/mol. The average molecular weight is 362 g/mol. The molecule has 0 aliphatic rings. The van der Waals surface area contributed by atoms with E-state index in [-0.39, 0.29) is 11.9 Å². The molecule has 0 saturated heterocycles. The van der Waals surface area contributed by atoms with E-state index in [2.05, 4.69) is 39.3 Å². The van der Waals surface area contributed by atoms with Gasteiger partial charge in [0.15, 0.2) is 11.7 Å². The van der Waals surface area contributed by atoms with Crippen molar-refractivity contribution < 1.29 is 9.21 Å². The fraction of sp³-hybridized carbons (Fsp3) is 0.444. The van der Waals surface area contributed by atoms with Gasteiger partial charge in [0.05, 0.1) is 12.3 Å². The minimum absolute atomic E-state index is 0.178. The third-order valence-electron chi connectivity index (χ3n) is 3.63. The number of hydrogen-bond donors (Lipinski definition) is 3. The highest BCUT2D eigenvalue weighted by atomic mass is 32.1. The van der Waals surface area contributed by atoms with E-state index in [4.69, 9.17) is 4.42 Å². The lowest BCUT2D eigenvalue weighted by atomic mass is 10.2. The lowest BCUT2D eigenvalue weighted by Gasteiger charge is -2.16. The van der Waals surface area contributed by atoms with E-state index in [1.54, 1.807) is 17.4 Å². The van der Waals surface area contributed by atoms with Crippen molar-refractivity contribution in [3.05, 3.63) is 46.0 Å². The molecule has 6 nitrogen and oxygen atoms in total. The van der Waals surface area contributed by atoms with E-state index < -0.39 is 0 Å². The Hall–Kier alpha value is -2.28. The molecule has 0 aliphatic carbocycles. The number of aryl methyl sites for hydroxylation is 1. The second-order valence-electron chi connectivity index (χ2n) is 5.68. The van der Waals surface area contributed by atoms with Crippen LogP contribution in [0.2, 0.25) is 0 Å². The first-order valence-electron chi connectivity index (χ1n) is 8.52. The van der Waals surface area contributed by atoms with Crippen LogP contribution in [0.25, 0.3) is 0 Å². The number of amides is 1. The summed E-state index contributed by atoms with van der Waals surface area (Å²) in [5.74, 6) is 0.989. The van der Waals surface area contributed by atoms with Crippen molar-refractivity contribution in [1.82, 2.24) is 16.0 Å². The van der Waals surface area contributed by atoms with Gasteiger partial charge in [-0.25, -0.2) is 0 Å². The Morgan fingerprint density at radius 3 is 2.84 bits per heavy atom. The Morgan fingerprint density at radius 2 is 2.20 bits per heavy atom. The van der Waals surface area contributed by atoms with Gasteiger partial charge in [0.2, 0.25) is 0 Å². The van der Waals surface area contributed by atoms with Crippen molar-refractivity contribution >= 4 is 23.2 Å². The molecule has 2 aromatic rings. The molecule has 0 saturated carbocycles. The maximum absolute atomic E-state index is 11.9. The number of nitrogens with zero attached hydrogens (tertiary/aromatic N) is 1. The van der Waals surface area contributed by atoms with Gasteiger partial charge in [-0.3, -0.25) is 9.79 Å². The Morgan fingerprint density at radius 1 is 1.36 bits per heavy atom. The number of thiophene rings is 1. The lowest BCUT2D eigenvalue weighted by molar-refractivity contribution is 0.0925. The maximum atomic E-state index is 11.9. The minimum atomic E-state index is -0.178. The van der Waals surface area contributed by atoms with E-state index in [0.29, 0.717) is 18.8 Å². The van der Waals surface area contributed by atoms with Crippen molar-refractivity contribution in [1.29, 1.82) is 0 Å². The van der Waals surface area contributed by atoms with E-state index in [0.717, 1.165) is 24.5 Å². The van der Waals surface area contributed by atoms with Crippen LogP contribution in [0.3, 0.4) is 0 Å². The quantitative estimate of drug-likeness (QED) is 0.383. The van der Waals surface area contributed by atoms with Crippen LogP contribution in [0, 0.1) is 6.92 Å². The van der Waals surface area contributed by atoms with E-state index >= 15 is 0 Å². The molecule has 136 valence electrons. The Balaban J connectivity index is 1.75. The van der Waals surface area contributed by atoms with Gasteiger partial charge < -0.3 is 20.4 Å². The SMILES string of the molecule is CCNC(=NCCCNC(=O)c1occc1C)NC(C)c1cccs1. The topological polar surface area (TPSA) is 78.7 Å². The molecule has 7 heteroatoms. The lowest BCUT2D eigenvalue weighted by Crippen LogP contribution is -2.38. The normalized spacial score (nSPS) is 12.7. The monoisotopic (exact) mass is 362 g/mol. The summed E-state index contributed by atoms with van der Waals surface area (Å²) < 4.78 is 5.17. The smallest absolute Gasteiger partial charge is 0.287 e. The first kappa shape index (κ1) is 19.1. The number of nitrogens with one attached hydrogen (secondary N) is 3. The number of furan rings is 1. The van der Waals surface area contributed by atoms with Crippen LogP contribution in [0.1, 0.15) is 47.3 Å². The second-order valence-corrected chi connectivity index (χ2v) is 6.66. The van der Waals surface area contributed by atoms with Crippen molar-refractivity contribution in [2.24, 2.45) is 4.99 Å². The van der Waals surface area contributed by atoms with E-state index in [9.17, 15) is 4.79 Å². The van der Waals surface area contributed by atoms with Crippen LogP contribution in [0.4, 0.5) is 0 Å². The van der Waals surface area contributed by atoms with Crippen molar-refractivity contribution in [2.45, 2.75) is 33.2 Å².